The van der Waals surface area contributed by atoms with Crippen LogP contribution < -0.4 is 10.1 Å². The zero-order chi connectivity index (χ0) is 13.7. The number of carbonyl (C=O) groups is 1. The quantitative estimate of drug-likeness (QED) is 0.827. The molecule has 0 saturated carbocycles. The lowest BCUT2D eigenvalue weighted by Gasteiger charge is -2.28. The van der Waals surface area contributed by atoms with E-state index < -0.39 is 0 Å². The average molecular weight is 261 g/mol. The van der Waals surface area contributed by atoms with E-state index in [2.05, 4.69) is 12.2 Å². The van der Waals surface area contributed by atoms with Gasteiger partial charge in [-0.3, -0.25) is 4.79 Å². The largest absolute Gasteiger partial charge is 0.494 e. The Bertz CT molecular complexity index is 413. The third-order valence-corrected chi connectivity index (χ3v) is 3.63. The number of ketones is 1. The Morgan fingerprint density at radius 2 is 2.05 bits per heavy atom. The molecule has 1 aromatic rings. The van der Waals surface area contributed by atoms with Gasteiger partial charge < -0.3 is 10.1 Å². The third-order valence-electron chi connectivity index (χ3n) is 3.63. The first kappa shape index (κ1) is 14.1. The summed E-state index contributed by atoms with van der Waals surface area (Å²) in [7, 11) is 0. The smallest absolute Gasteiger partial charge is 0.164 e. The van der Waals surface area contributed by atoms with Crippen LogP contribution >= 0.6 is 0 Å². The molecule has 2 atom stereocenters. The van der Waals surface area contributed by atoms with E-state index in [0.29, 0.717) is 25.1 Å². The van der Waals surface area contributed by atoms with E-state index in [9.17, 15) is 4.79 Å². The van der Waals surface area contributed by atoms with Gasteiger partial charge in [0, 0.05) is 24.1 Å². The number of Topliss-reactive ketones (excluding diaryl/α,β-unsaturated/α-hetero) is 1. The van der Waals surface area contributed by atoms with Crippen LogP contribution in [0.3, 0.4) is 0 Å². The van der Waals surface area contributed by atoms with E-state index >= 15 is 0 Å². The predicted octanol–water partition coefficient (Wildman–Crippen LogP) is 3.19. The van der Waals surface area contributed by atoms with Gasteiger partial charge in [0.25, 0.3) is 0 Å². The molecule has 1 heterocycles. The van der Waals surface area contributed by atoms with Gasteiger partial charge in [-0.1, -0.05) is 6.42 Å². The maximum Gasteiger partial charge on any atom is 0.164 e. The Morgan fingerprint density at radius 3 is 2.68 bits per heavy atom. The maximum absolute atomic E-state index is 12.2. The highest BCUT2D eigenvalue weighted by atomic mass is 16.5. The number of hydrogen-bond donors (Lipinski definition) is 1. The molecule has 0 amide bonds. The third kappa shape index (κ3) is 4.06. The summed E-state index contributed by atoms with van der Waals surface area (Å²) < 4.78 is 5.38. The van der Waals surface area contributed by atoms with Crippen LogP contribution in [0, 0.1) is 0 Å². The van der Waals surface area contributed by atoms with Crippen molar-refractivity contribution in [3.63, 3.8) is 0 Å². The van der Waals surface area contributed by atoms with Crippen LogP contribution in [0.5, 0.6) is 5.75 Å². The summed E-state index contributed by atoms with van der Waals surface area (Å²) in [4.78, 5) is 12.2. The Hall–Kier alpha value is -1.35. The number of benzene rings is 1. The molecule has 1 aliphatic heterocycles. The fraction of sp³-hybridized carbons (Fsp3) is 0.562. The van der Waals surface area contributed by atoms with Crippen LogP contribution in [0.1, 0.15) is 49.9 Å². The lowest BCUT2D eigenvalue weighted by Crippen LogP contribution is -2.41. The zero-order valence-electron chi connectivity index (χ0n) is 11.8. The Balaban J connectivity index is 1.91. The van der Waals surface area contributed by atoms with Gasteiger partial charge in [-0.25, -0.2) is 0 Å². The second-order valence-electron chi connectivity index (χ2n) is 5.28. The van der Waals surface area contributed by atoms with E-state index in [1.165, 1.54) is 12.8 Å². The summed E-state index contributed by atoms with van der Waals surface area (Å²) in [5.74, 6) is 1.04. The molecule has 0 spiro atoms. The van der Waals surface area contributed by atoms with Crippen molar-refractivity contribution >= 4 is 5.78 Å². The minimum absolute atomic E-state index is 0.217. The molecule has 2 unspecified atom stereocenters. The van der Waals surface area contributed by atoms with E-state index in [4.69, 9.17) is 4.74 Å². The van der Waals surface area contributed by atoms with Gasteiger partial charge in [0.05, 0.1) is 6.61 Å². The maximum atomic E-state index is 12.2. The second-order valence-corrected chi connectivity index (χ2v) is 5.28. The number of rotatable bonds is 5. The molecule has 1 fully saturated rings. The lowest BCUT2D eigenvalue weighted by atomic mass is 9.94. The van der Waals surface area contributed by atoms with Crippen molar-refractivity contribution in [2.24, 2.45) is 0 Å². The van der Waals surface area contributed by atoms with E-state index in [1.54, 1.807) is 0 Å². The molecule has 0 aliphatic carbocycles. The van der Waals surface area contributed by atoms with Gasteiger partial charge in [-0.05, 0) is 51.0 Å². The van der Waals surface area contributed by atoms with Gasteiger partial charge in [-0.15, -0.1) is 0 Å². The first-order chi connectivity index (χ1) is 9.19. The zero-order valence-corrected chi connectivity index (χ0v) is 11.8. The summed E-state index contributed by atoms with van der Waals surface area (Å²) in [6.45, 7) is 4.79. The normalized spacial score (nSPS) is 23.1. The van der Waals surface area contributed by atoms with Crippen LogP contribution in [0.15, 0.2) is 24.3 Å². The monoisotopic (exact) mass is 261 g/mol. The Kier molecular flexibility index (Phi) is 4.97. The summed E-state index contributed by atoms with van der Waals surface area (Å²) in [6.07, 6.45) is 4.13. The number of carbonyl (C=O) groups excluding carboxylic acids is 1. The highest BCUT2D eigenvalue weighted by Crippen LogP contribution is 2.18. The van der Waals surface area contributed by atoms with Crippen molar-refractivity contribution in [1.29, 1.82) is 0 Å². The standard InChI is InChI=1S/C16H23NO2/c1-3-19-15-9-7-13(8-10-15)16(18)11-14-6-4-5-12(2)17-14/h7-10,12,14,17H,3-6,11H2,1-2H3. The van der Waals surface area contributed by atoms with Crippen molar-refractivity contribution in [2.45, 2.75) is 51.6 Å². The SMILES string of the molecule is CCOc1ccc(C(=O)CC2CCCC(C)N2)cc1. The van der Waals surface area contributed by atoms with Gasteiger partial charge in [-0.2, -0.15) is 0 Å². The molecule has 3 heteroatoms. The lowest BCUT2D eigenvalue weighted by molar-refractivity contribution is 0.0960. The van der Waals surface area contributed by atoms with Crippen molar-refractivity contribution < 1.29 is 9.53 Å². The molecule has 1 N–H and O–H groups in total. The molecule has 0 bridgehead atoms. The first-order valence-corrected chi connectivity index (χ1v) is 7.21. The van der Waals surface area contributed by atoms with Crippen molar-refractivity contribution in [1.82, 2.24) is 5.32 Å². The predicted molar refractivity (Wildman–Crippen MR) is 76.8 cm³/mol. The number of hydrogen-bond acceptors (Lipinski definition) is 3. The van der Waals surface area contributed by atoms with Crippen molar-refractivity contribution in [2.75, 3.05) is 6.61 Å². The molecule has 1 aliphatic rings. The second kappa shape index (κ2) is 6.71. The van der Waals surface area contributed by atoms with Crippen LogP contribution in [-0.4, -0.2) is 24.5 Å². The minimum Gasteiger partial charge on any atom is -0.494 e. The summed E-state index contributed by atoms with van der Waals surface area (Å²) in [5, 5.41) is 3.50. The van der Waals surface area contributed by atoms with Crippen LogP contribution in [0.4, 0.5) is 0 Å². The van der Waals surface area contributed by atoms with Crippen molar-refractivity contribution in [3.8, 4) is 5.75 Å². The number of ether oxygens (including phenoxy) is 1. The Morgan fingerprint density at radius 1 is 1.32 bits per heavy atom. The average Bonchev–Trinajstić information content (AvgIpc) is 2.40. The fourth-order valence-electron chi connectivity index (χ4n) is 2.65. The van der Waals surface area contributed by atoms with Gasteiger partial charge in [0.1, 0.15) is 5.75 Å². The molecule has 2 rings (SSSR count). The van der Waals surface area contributed by atoms with E-state index in [0.717, 1.165) is 17.7 Å². The molecule has 104 valence electrons. The Labute approximate surface area is 115 Å². The number of piperidine rings is 1. The molecule has 1 saturated heterocycles. The van der Waals surface area contributed by atoms with Gasteiger partial charge in [0.2, 0.25) is 0 Å². The molecule has 1 aromatic carbocycles. The number of nitrogens with one attached hydrogen (secondary N) is 1. The van der Waals surface area contributed by atoms with Crippen LogP contribution in [-0.2, 0) is 0 Å². The van der Waals surface area contributed by atoms with Crippen molar-refractivity contribution in [3.05, 3.63) is 29.8 Å². The van der Waals surface area contributed by atoms with Gasteiger partial charge >= 0.3 is 0 Å². The molecule has 19 heavy (non-hydrogen) atoms. The highest BCUT2D eigenvalue weighted by Gasteiger charge is 2.20. The molecule has 3 nitrogen and oxygen atoms in total. The van der Waals surface area contributed by atoms with Gasteiger partial charge in [0.15, 0.2) is 5.78 Å². The van der Waals surface area contributed by atoms with Crippen LogP contribution in [0.25, 0.3) is 0 Å². The molecule has 0 radical (unpaired) electrons. The highest BCUT2D eigenvalue weighted by molar-refractivity contribution is 5.96. The molecular weight excluding hydrogens is 238 g/mol. The summed E-state index contributed by atoms with van der Waals surface area (Å²) in [5.41, 5.74) is 0.781. The first-order valence-electron chi connectivity index (χ1n) is 7.21. The summed E-state index contributed by atoms with van der Waals surface area (Å²) in [6, 6.07) is 8.33. The molecular formula is C16H23NO2. The topological polar surface area (TPSA) is 38.3 Å². The molecule has 0 aromatic heterocycles. The van der Waals surface area contributed by atoms with E-state index in [-0.39, 0.29) is 5.78 Å². The van der Waals surface area contributed by atoms with Crippen LogP contribution in [0.2, 0.25) is 0 Å². The minimum atomic E-state index is 0.217. The summed E-state index contributed by atoms with van der Waals surface area (Å²) >= 11 is 0. The van der Waals surface area contributed by atoms with E-state index in [1.807, 2.05) is 31.2 Å². The fourth-order valence-corrected chi connectivity index (χ4v) is 2.65.